The highest BCUT2D eigenvalue weighted by molar-refractivity contribution is 8.01. The minimum atomic E-state index is -0.332. The first-order valence-electron chi connectivity index (χ1n) is 3.96. The lowest BCUT2D eigenvalue weighted by Crippen LogP contribution is -2.19. The fourth-order valence-electron chi connectivity index (χ4n) is 0.580. The van der Waals surface area contributed by atoms with Gasteiger partial charge in [-0.1, -0.05) is 0 Å². The number of carbonyl (C=O) groups is 2. The maximum atomic E-state index is 11.0. The van der Waals surface area contributed by atoms with E-state index in [1.165, 1.54) is 18.9 Å². The quantitative estimate of drug-likeness (QED) is 0.624. The maximum Gasteiger partial charge on any atom is 0.318 e. The fourth-order valence-corrected chi connectivity index (χ4v) is 1.29. The normalized spacial score (nSPS) is 11.9. The van der Waals surface area contributed by atoms with Crippen LogP contribution in [0.1, 0.15) is 13.8 Å². The molecule has 0 bridgehead atoms. The van der Waals surface area contributed by atoms with Crippen LogP contribution in [0.5, 0.6) is 0 Å². The summed E-state index contributed by atoms with van der Waals surface area (Å²) in [5.41, 5.74) is 0. The average molecular weight is 206 g/mol. The van der Waals surface area contributed by atoms with E-state index in [9.17, 15) is 9.59 Å². The van der Waals surface area contributed by atoms with E-state index in [0.717, 1.165) is 0 Å². The molecule has 0 radical (unpaired) electrons. The Kier molecular flexibility index (Phi) is 6.40. The van der Waals surface area contributed by atoms with Gasteiger partial charge in [-0.3, -0.25) is 9.59 Å². The number of rotatable bonds is 5. The summed E-state index contributed by atoms with van der Waals surface area (Å²) >= 11 is 1.21. The van der Waals surface area contributed by atoms with Crippen molar-refractivity contribution in [3.63, 3.8) is 0 Å². The Labute approximate surface area is 82.0 Å². The molecule has 0 heterocycles. The number of carbonyl (C=O) groups excluding carboxylic acids is 2. The summed E-state index contributed by atoms with van der Waals surface area (Å²) in [6, 6.07) is 0. The highest BCUT2D eigenvalue weighted by Crippen LogP contribution is 2.11. The molecule has 0 aromatic rings. The van der Waals surface area contributed by atoms with Gasteiger partial charge in [0.1, 0.15) is 5.25 Å². The number of ether oxygens (including phenoxy) is 2. The lowest BCUT2D eigenvalue weighted by molar-refractivity contribution is -0.142. The van der Waals surface area contributed by atoms with Crippen molar-refractivity contribution in [3.8, 4) is 0 Å². The van der Waals surface area contributed by atoms with Crippen LogP contribution in [-0.2, 0) is 19.1 Å². The van der Waals surface area contributed by atoms with Crippen molar-refractivity contribution in [1.29, 1.82) is 0 Å². The molecule has 0 aliphatic heterocycles. The molecule has 4 nitrogen and oxygen atoms in total. The molecular weight excluding hydrogens is 192 g/mol. The average Bonchev–Trinajstić information content (AvgIpc) is 2.13. The number of thioether (sulfide) groups is 1. The molecule has 0 aromatic carbocycles. The Balaban J connectivity index is 3.67. The molecule has 0 aliphatic rings. The molecule has 1 atom stereocenters. The minimum absolute atomic E-state index is 0.177. The minimum Gasteiger partial charge on any atom is -0.468 e. The maximum absolute atomic E-state index is 11.0. The van der Waals surface area contributed by atoms with Crippen molar-refractivity contribution in [3.05, 3.63) is 0 Å². The molecule has 0 aromatic heterocycles. The first-order valence-corrected chi connectivity index (χ1v) is 5.01. The van der Waals surface area contributed by atoms with Crippen molar-refractivity contribution in [2.24, 2.45) is 0 Å². The van der Waals surface area contributed by atoms with Gasteiger partial charge in [0.15, 0.2) is 0 Å². The molecule has 0 saturated heterocycles. The Morgan fingerprint density at radius 3 is 2.54 bits per heavy atom. The van der Waals surface area contributed by atoms with Gasteiger partial charge in [0, 0.05) is 0 Å². The number of hydrogen-bond acceptors (Lipinski definition) is 5. The molecule has 76 valence electrons. The van der Waals surface area contributed by atoms with Crippen LogP contribution in [-0.4, -0.2) is 36.7 Å². The van der Waals surface area contributed by atoms with Crippen LogP contribution >= 0.6 is 11.8 Å². The molecule has 0 N–H and O–H groups in total. The van der Waals surface area contributed by atoms with Crippen LogP contribution in [0.15, 0.2) is 0 Å². The van der Waals surface area contributed by atoms with Gasteiger partial charge < -0.3 is 9.47 Å². The third-order valence-electron chi connectivity index (χ3n) is 1.30. The Hall–Kier alpha value is -0.710. The monoisotopic (exact) mass is 206 g/mol. The van der Waals surface area contributed by atoms with Crippen LogP contribution < -0.4 is 0 Å². The van der Waals surface area contributed by atoms with Gasteiger partial charge in [0.2, 0.25) is 0 Å². The zero-order valence-corrected chi connectivity index (χ0v) is 8.85. The van der Waals surface area contributed by atoms with E-state index in [2.05, 4.69) is 4.74 Å². The molecule has 0 aliphatic carbocycles. The molecule has 0 rings (SSSR count). The van der Waals surface area contributed by atoms with Gasteiger partial charge in [-0.15, -0.1) is 11.8 Å². The van der Waals surface area contributed by atoms with Gasteiger partial charge in [0.05, 0.1) is 19.5 Å². The third-order valence-corrected chi connectivity index (χ3v) is 2.39. The van der Waals surface area contributed by atoms with Crippen molar-refractivity contribution in [2.45, 2.75) is 19.1 Å². The number of methoxy groups -OCH3 is 1. The molecule has 0 spiro atoms. The van der Waals surface area contributed by atoms with E-state index in [4.69, 9.17) is 4.74 Å². The van der Waals surface area contributed by atoms with E-state index in [1.807, 2.05) is 0 Å². The summed E-state index contributed by atoms with van der Waals surface area (Å²) in [5, 5.41) is -0.320. The topological polar surface area (TPSA) is 52.6 Å². The Bertz CT molecular complexity index is 181. The van der Waals surface area contributed by atoms with Gasteiger partial charge >= 0.3 is 11.9 Å². The van der Waals surface area contributed by atoms with Crippen molar-refractivity contribution in [2.75, 3.05) is 19.5 Å². The van der Waals surface area contributed by atoms with Gasteiger partial charge in [-0.2, -0.15) is 0 Å². The summed E-state index contributed by atoms with van der Waals surface area (Å²) in [5.74, 6) is -0.450. The Morgan fingerprint density at radius 2 is 2.08 bits per heavy atom. The molecular formula is C8H14O4S. The van der Waals surface area contributed by atoms with Crippen LogP contribution in [0, 0.1) is 0 Å². The largest absolute Gasteiger partial charge is 0.468 e. The predicted octanol–water partition coefficient (Wildman–Crippen LogP) is 0.844. The highest BCUT2D eigenvalue weighted by Gasteiger charge is 2.15. The van der Waals surface area contributed by atoms with E-state index in [0.29, 0.717) is 6.61 Å². The van der Waals surface area contributed by atoms with Crippen molar-refractivity contribution in [1.82, 2.24) is 0 Å². The van der Waals surface area contributed by atoms with Crippen LogP contribution in [0.2, 0.25) is 0 Å². The first-order chi connectivity index (χ1) is 6.11. The van der Waals surface area contributed by atoms with E-state index in [-0.39, 0.29) is 22.9 Å². The first kappa shape index (κ1) is 12.3. The SMILES string of the molecule is CCOC(=O)[C@H](C)SCC(=O)OC. The molecule has 0 fully saturated rings. The second-order valence-corrected chi connectivity index (χ2v) is 3.61. The second kappa shape index (κ2) is 6.77. The molecule has 13 heavy (non-hydrogen) atoms. The zero-order valence-electron chi connectivity index (χ0n) is 8.03. The third kappa shape index (κ3) is 5.52. The summed E-state index contributed by atoms with van der Waals surface area (Å²) in [6.45, 7) is 3.81. The fraction of sp³-hybridized carbons (Fsp3) is 0.750. The van der Waals surface area contributed by atoms with E-state index in [1.54, 1.807) is 13.8 Å². The molecule has 0 unspecified atom stereocenters. The van der Waals surface area contributed by atoms with E-state index < -0.39 is 0 Å². The van der Waals surface area contributed by atoms with Crippen LogP contribution in [0.4, 0.5) is 0 Å². The second-order valence-electron chi connectivity index (χ2n) is 2.28. The molecule has 0 amide bonds. The summed E-state index contributed by atoms with van der Waals surface area (Å²) in [4.78, 5) is 21.8. The Morgan fingerprint density at radius 1 is 1.46 bits per heavy atom. The lowest BCUT2D eigenvalue weighted by Gasteiger charge is -2.08. The van der Waals surface area contributed by atoms with E-state index >= 15 is 0 Å². The lowest BCUT2D eigenvalue weighted by atomic mass is 10.5. The zero-order chi connectivity index (χ0) is 10.3. The van der Waals surface area contributed by atoms with Crippen molar-refractivity contribution >= 4 is 23.7 Å². The highest BCUT2D eigenvalue weighted by atomic mass is 32.2. The summed E-state index contributed by atoms with van der Waals surface area (Å²) in [7, 11) is 1.32. The molecule has 0 saturated carbocycles. The van der Waals surface area contributed by atoms with Crippen LogP contribution in [0.3, 0.4) is 0 Å². The smallest absolute Gasteiger partial charge is 0.318 e. The molecule has 5 heteroatoms. The number of hydrogen-bond donors (Lipinski definition) is 0. The van der Waals surface area contributed by atoms with Gasteiger partial charge in [-0.25, -0.2) is 0 Å². The van der Waals surface area contributed by atoms with Gasteiger partial charge in [-0.05, 0) is 13.8 Å². The van der Waals surface area contributed by atoms with Crippen molar-refractivity contribution < 1.29 is 19.1 Å². The van der Waals surface area contributed by atoms with Crippen LogP contribution in [0.25, 0.3) is 0 Å². The van der Waals surface area contributed by atoms with Gasteiger partial charge in [0.25, 0.3) is 0 Å². The standard InChI is InChI=1S/C8H14O4S/c1-4-12-8(10)6(2)13-5-7(9)11-3/h6H,4-5H2,1-3H3/t6-/m0/s1. The predicted molar refractivity (Wildman–Crippen MR) is 50.6 cm³/mol. The summed E-state index contributed by atoms with van der Waals surface area (Å²) in [6.07, 6.45) is 0. The summed E-state index contributed by atoms with van der Waals surface area (Å²) < 4.78 is 9.19. The number of esters is 2.